The fraction of sp³-hybridized carbons (Fsp3) is 0.0714. The van der Waals surface area contributed by atoms with E-state index in [0.717, 1.165) is 5.56 Å². The summed E-state index contributed by atoms with van der Waals surface area (Å²) in [5, 5.41) is 10.2. The van der Waals surface area contributed by atoms with Gasteiger partial charge < -0.3 is 15.6 Å². The second-order valence-electron chi connectivity index (χ2n) is 3.97. The van der Waals surface area contributed by atoms with E-state index in [9.17, 15) is 9.90 Å². The average molecular weight is 278 g/mol. The molecule has 3 N–H and O–H groups in total. The molecule has 0 atom stereocenters. The lowest BCUT2D eigenvalue weighted by atomic mass is 10.0. The number of anilines is 1. The van der Waals surface area contributed by atoms with Gasteiger partial charge in [0.05, 0.1) is 23.4 Å². The monoisotopic (exact) mass is 277 g/mol. The standard InChI is InChI=1S/C14H12ClNO3/c1-19-13-6-9(4-10(7-17)14(13)18)8-2-3-11(15)12(16)5-8/h2-7,18H,16H2,1H3. The molecule has 0 saturated heterocycles. The van der Waals surface area contributed by atoms with Crippen molar-refractivity contribution in [1.29, 1.82) is 0 Å². The molecule has 19 heavy (non-hydrogen) atoms. The van der Waals surface area contributed by atoms with Gasteiger partial charge in [-0.1, -0.05) is 17.7 Å². The van der Waals surface area contributed by atoms with Crippen molar-refractivity contribution in [2.75, 3.05) is 12.8 Å². The summed E-state index contributed by atoms with van der Waals surface area (Å²) in [5.74, 6) is 0.0521. The molecule has 0 saturated carbocycles. The van der Waals surface area contributed by atoms with Crippen molar-refractivity contribution in [3.8, 4) is 22.6 Å². The average Bonchev–Trinajstić information content (AvgIpc) is 2.42. The number of hydrogen-bond donors (Lipinski definition) is 2. The van der Waals surface area contributed by atoms with Gasteiger partial charge in [-0.3, -0.25) is 4.79 Å². The summed E-state index contributed by atoms with van der Waals surface area (Å²) < 4.78 is 5.04. The van der Waals surface area contributed by atoms with Gasteiger partial charge in [-0.05, 0) is 35.4 Å². The Morgan fingerprint density at radius 3 is 2.58 bits per heavy atom. The highest BCUT2D eigenvalue weighted by atomic mass is 35.5. The van der Waals surface area contributed by atoms with Gasteiger partial charge in [0.1, 0.15) is 0 Å². The number of methoxy groups -OCH3 is 1. The zero-order valence-electron chi connectivity index (χ0n) is 10.2. The molecule has 0 bridgehead atoms. The number of nitrogens with two attached hydrogens (primary N) is 1. The molecule has 0 aliphatic carbocycles. The number of hydrogen-bond acceptors (Lipinski definition) is 4. The van der Waals surface area contributed by atoms with Crippen LogP contribution in [0.1, 0.15) is 10.4 Å². The highest BCUT2D eigenvalue weighted by Gasteiger charge is 2.11. The number of phenolic OH excluding ortho intramolecular Hbond substituents is 1. The molecule has 0 unspecified atom stereocenters. The van der Waals surface area contributed by atoms with Gasteiger partial charge in [0, 0.05) is 0 Å². The van der Waals surface area contributed by atoms with Gasteiger partial charge in [0.15, 0.2) is 17.8 Å². The Balaban J connectivity index is 2.61. The highest BCUT2D eigenvalue weighted by Crippen LogP contribution is 2.35. The number of benzene rings is 2. The van der Waals surface area contributed by atoms with Gasteiger partial charge in [-0.2, -0.15) is 0 Å². The van der Waals surface area contributed by atoms with E-state index in [4.69, 9.17) is 22.1 Å². The number of carbonyl (C=O) groups is 1. The van der Waals surface area contributed by atoms with Crippen LogP contribution in [0.25, 0.3) is 11.1 Å². The third-order valence-electron chi connectivity index (χ3n) is 2.78. The zero-order valence-corrected chi connectivity index (χ0v) is 10.9. The van der Waals surface area contributed by atoms with Crippen LogP contribution in [0.4, 0.5) is 5.69 Å². The normalized spacial score (nSPS) is 10.2. The van der Waals surface area contributed by atoms with E-state index in [1.54, 1.807) is 30.3 Å². The Labute approximate surface area is 115 Å². The minimum Gasteiger partial charge on any atom is -0.504 e. The van der Waals surface area contributed by atoms with Crippen LogP contribution in [0.2, 0.25) is 5.02 Å². The summed E-state index contributed by atoms with van der Waals surface area (Å²) in [6.07, 6.45) is 0.570. The van der Waals surface area contributed by atoms with Crippen LogP contribution >= 0.6 is 11.6 Å². The topological polar surface area (TPSA) is 72.5 Å². The molecule has 98 valence electrons. The van der Waals surface area contributed by atoms with Gasteiger partial charge in [-0.15, -0.1) is 0 Å². The number of halogens is 1. The van der Waals surface area contributed by atoms with E-state index >= 15 is 0 Å². The van der Waals surface area contributed by atoms with Crippen molar-refractivity contribution < 1.29 is 14.6 Å². The molecule has 4 nitrogen and oxygen atoms in total. The Bertz CT molecular complexity index is 641. The summed E-state index contributed by atoms with van der Waals surface area (Å²) in [4.78, 5) is 10.9. The molecular formula is C14H12ClNO3. The Morgan fingerprint density at radius 1 is 1.26 bits per heavy atom. The van der Waals surface area contributed by atoms with Crippen LogP contribution in [-0.2, 0) is 0 Å². The first-order valence-electron chi connectivity index (χ1n) is 5.48. The van der Waals surface area contributed by atoms with E-state index in [1.807, 2.05) is 0 Å². The van der Waals surface area contributed by atoms with Crippen molar-refractivity contribution in [2.24, 2.45) is 0 Å². The molecule has 0 aliphatic rings. The summed E-state index contributed by atoms with van der Waals surface area (Å²) >= 11 is 5.86. The molecule has 0 heterocycles. The van der Waals surface area contributed by atoms with Gasteiger partial charge >= 0.3 is 0 Å². The first kappa shape index (κ1) is 13.2. The fourth-order valence-corrected chi connectivity index (χ4v) is 1.88. The third-order valence-corrected chi connectivity index (χ3v) is 3.12. The quantitative estimate of drug-likeness (QED) is 0.668. The maximum absolute atomic E-state index is 10.9. The number of aromatic hydroxyl groups is 1. The van der Waals surface area contributed by atoms with E-state index in [2.05, 4.69) is 0 Å². The maximum Gasteiger partial charge on any atom is 0.168 e. The fourth-order valence-electron chi connectivity index (χ4n) is 1.76. The first-order chi connectivity index (χ1) is 9.06. The lowest BCUT2D eigenvalue weighted by Crippen LogP contribution is -1.92. The number of carbonyl (C=O) groups excluding carboxylic acids is 1. The first-order valence-corrected chi connectivity index (χ1v) is 5.86. The summed E-state index contributed by atoms with van der Waals surface area (Å²) in [6, 6.07) is 8.34. The minimum atomic E-state index is -0.178. The molecule has 0 spiro atoms. The maximum atomic E-state index is 10.9. The van der Waals surface area contributed by atoms with Crippen molar-refractivity contribution in [1.82, 2.24) is 0 Å². The molecule has 0 fully saturated rings. The van der Waals surface area contributed by atoms with Crippen molar-refractivity contribution >= 4 is 23.6 Å². The van der Waals surface area contributed by atoms with Gasteiger partial charge in [-0.25, -0.2) is 0 Å². The lowest BCUT2D eigenvalue weighted by molar-refractivity contribution is 0.112. The summed E-state index contributed by atoms with van der Waals surface area (Å²) in [5.41, 5.74) is 7.83. The predicted octanol–water partition coefficient (Wildman–Crippen LogP) is 3.12. The van der Waals surface area contributed by atoms with Crippen molar-refractivity contribution in [3.05, 3.63) is 40.9 Å². The lowest BCUT2D eigenvalue weighted by Gasteiger charge is -2.10. The molecule has 0 aromatic heterocycles. The predicted molar refractivity (Wildman–Crippen MR) is 74.9 cm³/mol. The minimum absolute atomic E-state index is 0.155. The molecule has 2 aromatic carbocycles. The molecular weight excluding hydrogens is 266 g/mol. The van der Waals surface area contributed by atoms with Crippen LogP contribution in [0.3, 0.4) is 0 Å². The van der Waals surface area contributed by atoms with Crippen LogP contribution < -0.4 is 10.5 Å². The van der Waals surface area contributed by atoms with Gasteiger partial charge in [0.25, 0.3) is 0 Å². The molecule has 0 aliphatic heterocycles. The number of rotatable bonds is 3. The third kappa shape index (κ3) is 2.48. The molecule has 0 radical (unpaired) electrons. The smallest absolute Gasteiger partial charge is 0.168 e. The number of ether oxygens (including phenoxy) is 1. The van der Waals surface area contributed by atoms with Crippen LogP contribution in [0.15, 0.2) is 30.3 Å². The Morgan fingerprint density at radius 2 is 2.00 bits per heavy atom. The number of phenols is 1. The summed E-state index contributed by atoms with van der Waals surface area (Å²) in [7, 11) is 1.42. The largest absolute Gasteiger partial charge is 0.504 e. The van der Waals surface area contributed by atoms with Crippen molar-refractivity contribution in [3.63, 3.8) is 0 Å². The zero-order chi connectivity index (χ0) is 14.0. The van der Waals surface area contributed by atoms with E-state index in [0.29, 0.717) is 22.6 Å². The van der Waals surface area contributed by atoms with Crippen LogP contribution in [0, 0.1) is 0 Å². The Kier molecular flexibility index (Phi) is 3.62. The molecule has 0 amide bonds. The van der Waals surface area contributed by atoms with Crippen LogP contribution in [-0.4, -0.2) is 18.5 Å². The number of nitrogen functional groups attached to an aromatic ring is 1. The van der Waals surface area contributed by atoms with Crippen molar-refractivity contribution in [2.45, 2.75) is 0 Å². The van der Waals surface area contributed by atoms with E-state index in [1.165, 1.54) is 7.11 Å². The van der Waals surface area contributed by atoms with E-state index < -0.39 is 0 Å². The molecule has 2 aromatic rings. The molecule has 5 heteroatoms. The van der Waals surface area contributed by atoms with Gasteiger partial charge in [0.2, 0.25) is 0 Å². The second kappa shape index (κ2) is 5.20. The second-order valence-corrected chi connectivity index (χ2v) is 4.38. The molecule has 2 rings (SSSR count). The Hall–Kier alpha value is -2.20. The van der Waals surface area contributed by atoms with Crippen LogP contribution in [0.5, 0.6) is 11.5 Å². The highest BCUT2D eigenvalue weighted by molar-refractivity contribution is 6.33. The SMILES string of the molecule is COc1cc(-c2ccc(Cl)c(N)c2)cc(C=O)c1O. The number of aldehydes is 1. The van der Waals surface area contributed by atoms with E-state index in [-0.39, 0.29) is 17.1 Å². The summed E-state index contributed by atoms with van der Waals surface area (Å²) in [6.45, 7) is 0.